The minimum Gasteiger partial charge on any atom is -0.349 e. The fourth-order valence-corrected chi connectivity index (χ4v) is 4.66. The van der Waals surface area contributed by atoms with E-state index < -0.39 is 0 Å². The van der Waals surface area contributed by atoms with Gasteiger partial charge in [-0.3, -0.25) is 9.36 Å². The van der Waals surface area contributed by atoms with Crippen molar-refractivity contribution in [1.82, 2.24) is 9.55 Å². The molecule has 33 heavy (non-hydrogen) atoms. The van der Waals surface area contributed by atoms with Crippen LogP contribution in [-0.4, -0.2) is 21.5 Å². The number of carbonyl (C=O) groups is 1. The molecule has 2 N–H and O–H groups in total. The zero-order chi connectivity index (χ0) is 22.4. The second-order valence-electron chi connectivity index (χ2n) is 8.23. The van der Waals surface area contributed by atoms with Crippen LogP contribution >= 0.6 is 0 Å². The number of fused-ring (bicyclic) bond motifs is 4. The fraction of sp³-hybridized carbons (Fsp3) is 0.0714. The summed E-state index contributed by atoms with van der Waals surface area (Å²) in [5.74, 6) is 0.607. The van der Waals surface area contributed by atoms with E-state index in [4.69, 9.17) is 4.98 Å². The van der Waals surface area contributed by atoms with E-state index in [0.29, 0.717) is 5.57 Å². The Morgan fingerprint density at radius 3 is 2.48 bits per heavy atom. The Balaban J connectivity index is 1.66. The first-order valence-electron chi connectivity index (χ1n) is 11.0. The molecule has 5 nitrogen and oxygen atoms in total. The van der Waals surface area contributed by atoms with Gasteiger partial charge in [0.1, 0.15) is 0 Å². The quantitative estimate of drug-likeness (QED) is 0.375. The van der Waals surface area contributed by atoms with Gasteiger partial charge in [-0.2, -0.15) is 0 Å². The summed E-state index contributed by atoms with van der Waals surface area (Å²) in [4.78, 5) is 18.5. The van der Waals surface area contributed by atoms with Crippen LogP contribution in [0.2, 0.25) is 0 Å². The number of carbonyl (C=O) groups excluding carboxylic acids is 1. The molecule has 5 heteroatoms. The van der Waals surface area contributed by atoms with Crippen LogP contribution in [0, 0.1) is 0 Å². The summed E-state index contributed by atoms with van der Waals surface area (Å²) in [6.07, 6.45) is 0. The molecule has 0 radical (unpaired) electrons. The Kier molecular flexibility index (Phi) is 4.47. The molecule has 0 aliphatic carbocycles. The van der Waals surface area contributed by atoms with Gasteiger partial charge in [-0.25, -0.2) is 4.98 Å². The van der Waals surface area contributed by atoms with Gasteiger partial charge in [0.2, 0.25) is 5.95 Å². The number of nitrogens with one attached hydrogen (secondary N) is 2. The topological polar surface area (TPSA) is 59.0 Å². The van der Waals surface area contributed by atoms with E-state index in [2.05, 4.69) is 39.5 Å². The van der Waals surface area contributed by atoms with E-state index in [-0.39, 0.29) is 11.9 Å². The van der Waals surface area contributed by atoms with E-state index in [0.717, 1.165) is 44.7 Å². The molecule has 0 saturated carbocycles. The molecular formula is C28H22N4O. The molecule has 1 aliphatic heterocycles. The van der Waals surface area contributed by atoms with Crippen molar-refractivity contribution in [1.29, 1.82) is 0 Å². The predicted octanol–water partition coefficient (Wildman–Crippen LogP) is 5.90. The Bertz CT molecular complexity index is 1540. The molecule has 0 bridgehead atoms. The normalized spacial score (nSPS) is 15.4. The minimum absolute atomic E-state index is 0.132. The number of para-hydroxylation sites is 3. The van der Waals surface area contributed by atoms with Gasteiger partial charge in [0.05, 0.1) is 28.3 Å². The van der Waals surface area contributed by atoms with Gasteiger partial charge in [-0.05, 0) is 42.0 Å². The summed E-state index contributed by atoms with van der Waals surface area (Å²) in [6.45, 7) is 2.01. The molecule has 1 aromatic heterocycles. The lowest BCUT2D eigenvalue weighted by molar-refractivity contribution is -0.113. The molecule has 0 saturated heterocycles. The highest BCUT2D eigenvalue weighted by Gasteiger charge is 2.32. The zero-order valence-electron chi connectivity index (χ0n) is 18.1. The van der Waals surface area contributed by atoms with Crippen LogP contribution in [-0.2, 0) is 4.79 Å². The van der Waals surface area contributed by atoms with Crippen molar-refractivity contribution in [2.24, 2.45) is 0 Å². The van der Waals surface area contributed by atoms with Crippen LogP contribution in [0.5, 0.6) is 0 Å². The summed E-state index contributed by atoms with van der Waals surface area (Å²) >= 11 is 0. The Morgan fingerprint density at radius 1 is 0.879 bits per heavy atom. The Labute approximate surface area is 191 Å². The monoisotopic (exact) mass is 430 g/mol. The number of amides is 1. The molecule has 1 amide bonds. The molecule has 1 atom stereocenters. The summed E-state index contributed by atoms with van der Waals surface area (Å²) in [5, 5.41) is 8.76. The average Bonchev–Trinajstić information content (AvgIpc) is 3.21. The summed E-state index contributed by atoms with van der Waals surface area (Å²) in [6, 6.07) is 31.9. The van der Waals surface area contributed by atoms with E-state index in [1.807, 2.05) is 79.7 Å². The van der Waals surface area contributed by atoms with Gasteiger partial charge in [-0.1, -0.05) is 72.8 Å². The lowest BCUT2D eigenvalue weighted by Crippen LogP contribution is -2.34. The number of hydrogen-bond donors (Lipinski definition) is 2. The van der Waals surface area contributed by atoms with Gasteiger partial charge in [0, 0.05) is 11.3 Å². The first-order valence-corrected chi connectivity index (χ1v) is 11.0. The summed E-state index contributed by atoms with van der Waals surface area (Å²) < 4.78 is 2.08. The Morgan fingerprint density at radius 2 is 1.61 bits per heavy atom. The van der Waals surface area contributed by atoms with Gasteiger partial charge >= 0.3 is 0 Å². The number of nitrogens with zero attached hydrogens (tertiary/aromatic N) is 2. The summed E-state index contributed by atoms with van der Waals surface area (Å²) in [7, 11) is 0. The molecule has 160 valence electrons. The SMILES string of the molecule is CC1Nc2nc3ccccc3n2C(c2cccc3ccccc23)=C1C(=O)Nc1ccccc1. The average molecular weight is 431 g/mol. The van der Waals surface area contributed by atoms with Crippen LogP contribution in [0.1, 0.15) is 12.5 Å². The van der Waals surface area contributed by atoms with Crippen molar-refractivity contribution in [2.45, 2.75) is 13.0 Å². The predicted molar refractivity (Wildman–Crippen MR) is 134 cm³/mol. The standard InChI is InChI=1S/C28H22N4O/c1-18-25(27(33)30-20-12-3-2-4-13-20)26(22-15-9-11-19-10-5-6-14-21(19)22)32-24-17-8-7-16-23(24)31-28(32)29-18/h2-18H,1H3,(H,29,31)(H,30,33). The van der Waals surface area contributed by atoms with E-state index >= 15 is 0 Å². The van der Waals surface area contributed by atoms with Crippen molar-refractivity contribution in [3.05, 3.63) is 108 Å². The number of anilines is 2. The maximum absolute atomic E-state index is 13.7. The number of benzene rings is 4. The molecule has 4 aromatic carbocycles. The van der Waals surface area contributed by atoms with Crippen molar-refractivity contribution < 1.29 is 4.79 Å². The van der Waals surface area contributed by atoms with Crippen molar-refractivity contribution in [3.63, 3.8) is 0 Å². The molecule has 1 aliphatic rings. The van der Waals surface area contributed by atoms with Crippen LogP contribution in [0.15, 0.2) is 103 Å². The zero-order valence-corrected chi connectivity index (χ0v) is 18.1. The minimum atomic E-state index is -0.230. The maximum Gasteiger partial charge on any atom is 0.255 e. The highest BCUT2D eigenvalue weighted by atomic mass is 16.1. The first kappa shape index (κ1) is 19.3. The second kappa shape index (κ2) is 7.64. The van der Waals surface area contributed by atoms with E-state index in [1.54, 1.807) is 0 Å². The molecule has 5 aromatic rings. The summed E-state index contributed by atoms with van der Waals surface area (Å²) in [5.41, 5.74) is 5.14. The Hall–Kier alpha value is -4.38. The van der Waals surface area contributed by atoms with Crippen LogP contribution in [0.4, 0.5) is 11.6 Å². The van der Waals surface area contributed by atoms with Crippen molar-refractivity contribution >= 4 is 45.0 Å². The van der Waals surface area contributed by atoms with Gasteiger partial charge in [0.15, 0.2) is 0 Å². The fourth-order valence-electron chi connectivity index (χ4n) is 4.66. The third-order valence-corrected chi connectivity index (χ3v) is 6.14. The number of hydrogen-bond acceptors (Lipinski definition) is 3. The number of aromatic nitrogens is 2. The second-order valence-corrected chi connectivity index (χ2v) is 8.23. The van der Waals surface area contributed by atoms with Gasteiger partial charge in [-0.15, -0.1) is 0 Å². The lowest BCUT2D eigenvalue weighted by Gasteiger charge is -2.29. The first-order chi connectivity index (χ1) is 16.2. The molecule has 0 spiro atoms. The van der Waals surface area contributed by atoms with Crippen molar-refractivity contribution in [2.75, 3.05) is 10.6 Å². The highest BCUT2D eigenvalue weighted by Crippen LogP contribution is 2.38. The maximum atomic E-state index is 13.7. The van der Waals surface area contributed by atoms with Gasteiger partial charge < -0.3 is 10.6 Å². The number of rotatable bonds is 3. The lowest BCUT2D eigenvalue weighted by atomic mass is 9.94. The van der Waals surface area contributed by atoms with E-state index in [9.17, 15) is 4.79 Å². The van der Waals surface area contributed by atoms with Crippen LogP contribution in [0.25, 0.3) is 27.5 Å². The smallest absolute Gasteiger partial charge is 0.255 e. The molecule has 1 unspecified atom stereocenters. The van der Waals surface area contributed by atoms with Crippen molar-refractivity contribution in [3.8, 4) is 0 Å². The molecule has 0 fully saturated rings. The number of imidazole rings is 1. The third-order valence-electron chi connectivity index (χ3n) is 6.14. The highest BCUT2D eigenvalue weighted by molar-refractivity contribution is 6.13. The molecule has 2 heterocycles. The van der Waals surface area contributed by atoms with Gasteiger partial charge in [0.25, 0.3) is 5.91 Å². The molecule has 6 rings (SSSR count). The molecular weight excluding hydrogens is 408 g/mol. The van der Waals surface area contributed by atoms with E-state index in [1.165, 1.54) is 0 Å². The van der Waals surface area contributed by atoms with Crippen LogP contribution < -0.4 is 10.6 Å². The largest absolute Gasteiger partial charge is 0.349 e. The third kappa shape index (κ3) is 3.17. The van der Waals surface area contributed by atoms with Crippen LogP contribution in [0.3, 0.4) is 0 Å².